The minimum absolute atomic E-state index is 0.0330. The lowest BCUT2D eigenvalue weighted by atomic mass is 9.66. The van der Waals surface area contributed by atoms with Gasteiger partial charge in [0.25, 0.3) is 0 Å². The second-order valence-corrected chi connectivity index (χ2v) is 8.73. The van der Waals surface area contributed by atoms with E-state index < -0.39 is 12.7 Å². The van der Waals surface area contributed by atoms with Crippen LogP contribution in [0.15, 0.2) is 36.7 Å². The molecule has 0 aromatic carbocycles. The summed E-state index contributed by atoms with van der Waals surface area (Å²) in [6.07, 6.45) is 5.42. The molecule has 1 unspecified atom stereocenters. The number of halogens is 1. The zero-order valence-corrected chi connectivity index (χ0v) is 18.0. The molecular weight excluding hydrogens is 435 g/mol. The molecule has 1 aliphatic rings. The van der Waals surface area contributed by atoms with Gasteiger partial charge in [0.2, 0.25) is 6.41 Å². The molecule has 3 heterocycles. The molecule has 3 aromatic heterocycles. The first-order chi connectivity index (χ1) is 15.5. The van der Waals surface area contributed by atoms with Crippen molar-refractivity contribution in [2.75, 3.05) is 29.9 Å². The van der Waals surface area contributed by atoms with E-state index in [4.69, 9.17) is 5.11 Å². The number of amides is 1. The number of aliphatic hydroxyl groups is 2. The molecule has 32 heavy (non-hydrogen) atoms. The molecule has 3 N–H and O–H groups in total. The van der Waals surface area contributed by atoms with Crippen molar-refractivity contribution in [3.63, 3.8) is 0 Å². The third-order valence-electron chi connectivity index (χ3n) is 5.59. The molecule has 1 saturated carbocycles. The van der Waals surface area contributed by atoms with E-state index in [0.717, 1.165) is 19.3 Å². The van der Waals surface area contributed by atoms with Crippen LogP contribution in [-0.2, 0) is 10.2 Å². The number of carbonyl (C=O) groups excluding carboxylic acids is 1. The number of carbonyl (C=O) groups is 1. The van der Waals surface area contributed by atoms with E-state index in [1.807, 2.05) is 0 Å². The summed E-state index contributed by atoms with van der Waals surface area (Å²) in [5, 5.41) is 31.3. The fraction of sp³-hybridized carbons (Fsp3) is 0.381. The Labute approximate surface area is 188 Å². The van der Waals surface area contributed by atoms with Gasteiger partial charge in [-0.3, -0.25) is 9.78 Å². The van der Waals surface area contributed by atoms with Crippen molar-refractivity contribution in [1.29, 1.82) is 0 Å². The molecule has 3 aromatic rings. The number of nitrogens with zero attached hydrogens (tertiary/aromatic N) is 5. The van der Waals surface area contributed by atoms with E-state index in [0.29, 0.717) is 40.2 Å². The molecule has 0 aliphatic heterocycles. The van der Waals surface area contributed by atoms with Crippen LogP contribution in [0.2, 0.25) is 0 Å². The summed E-state index contributed by atoms with van der Waals surface area (Å²) >= 11 is 1.22. The first-order valence-electron chi connectivity index (χ1n) is 10.2. The number of hydrogen-bond acceptors (Lipinski definition) is 9. The van der Waals surface area contributed by atoms with E-state index in [1.54, 1.807) is 24.4 Å². The summed E-state index contributed by atoms with van der Waals surface area (Å²) in [7, 11) is 0. The van der Waals surface area contributed by atoms with Gasteiger partial charge in [-0.05, 0) is 37.1 Å². The lowest BCUT2D eigenvalue weighted by Gasteiger charge is -2.41. The molecule has 0 bridgehead atoms. The average molecular weight is 459 g/mol. The summed E-state index contributed by atoms with van der Waals surface area (Å²) in [6.45, 7) is 0.0385. The van der Waals surface area contributed by atoms with Gasteiger partial charge in [0.1, 0.15) is 27.3 Å². The summed E-state index contributed by atoms with van der Waals surface area (Å²) < 4.78 is 14.3. The Hall–Kier alpha value is -3.02. The van der Waals surface area contributed by atoms with Crippen LogP contribution in [0.5, 0.6) is 0 Å². The molecular formula is C21H23FN6O3S. The maximum atomic E-state index is 14.3. The normalized spacial score (nSPS) is 15.6. The lowest BCUT2D eigenvalue weighted by molar-refractivity contribution is -0.107. The van der Waals surface area contributed by atoms with Crippen molar-refractivity contribution in [2.24, 2.45) is 0 Å². The van der Waals surface area contributed by atoms with Gasteiger partial charge in [0.15, 0.2) is 0 Å². The van der Waals surface area contributed by atoms with Gasteiger partial charge in [-0.25, -0.2) is 9.37 Å². The molecule has 1 fully saturated rings. The topological polar surface area (TPSA) is 124 Å². The Morgan fingerprint density at radius 1 is 1.28 bits per heavy atom. The van der Waals surface area contributed by atoms with Crippen LogP contribution in [0.3, 0.4) is 0 Å². The second-order valence-electron chi connectivity index (χ2n) is 7.72. The van der Waals surface area contributed by atoms with E-state index >= 15 is 0 Å². The molecule has 9 nitrogen and oxygen atoms in total. The lowest BCUT2D eigenvalue weighted by Crippen LogP contribution is -2.42. The Kier molecular flexibility index (Phi) is 6.68. The van der Waals surface area contributed by atoms with E-state index in [9.17, 15) is 14.3 Å². The molecule has 0 saturated heterocycles. The van der Waals surface area contributed by atoms with Crippen LogP contribution in [0.25, 0.3) is 10.7 Å². The van der Waals surface area contributed by atoms with E-state index in [1.165, 1.54) is 28.5 Å². The molecule has 168 valence electrons. The molecule has 1 aliphatic carbocycles. The van der Waals surface area contributed by atoms with Gasteiger partial charge < -0.3 is 20.4 Å². The fourth-order valence-electron chi connectivity index (χ4n) is 3.66. The van der Waals surface area contributed by atoms with Crippen molar-refractivity contribution in [3.8, 4) is 10.7 Å². The highest BCUT2D eigenvalue weighted by molar-refractivity contribution is 7.19. The summed E-state index contributed by atoms with van der Waals surface area (Å²) in [5.74, 6) is 0.277. The quantitative estimate of drug-likeness (QED) is 0.394. The van der Waals surface area contributed by atoms with Crippen LogP contribution in [0.4, 0.5) is 15.2 Å². The maximum absolute atomic E-state index is 14.3. The number of hydrogen-bond donors (Lipinski definition) is 3. The molecule has 1 atom stereocenters. The standard InChI is InChI=1S/C21H23FN6O3S/c22-15-3-1-8-23-19(15)21(6-2-7-21)12-25-17-5-4-16(26-27-17)20-24-9-18(32-20)28(13-30)10-14(31)11-29/h1,3-5,8-9,13-14,29,31H,2,6-7,10-12H2,(H,25,27). The van der Waals surface area contributed by atoms with Gasteiger partial charge in [-0.1, -0.05) is 17.8 Å². The van der Waals surface area contributed by atoms with Crippen LogP contribution in [-0.4, -0.2) is 62.6 Å². The minimum atomic E-state index is -1.03. The largest absolute Gasteiger partial charge is 0.394 e. The second kappa shape index (κ2) is 9.63. The zero-order valence-electron chi connectivity index (χ0n) is 17.2. The number of anilines is 2. The average Bonchev–Trinajstić information content (AvgIpc) is 3.28. The first kappa shape index (κ1) is 22.2. The summed E-state index contributed by atoms with van der Waals surface area (Å²) in [6, 6.07) is 6.57. The highest BCUT2D eigenvalue weighted by Crippen LogP contribution is 2.43. The van der Waals surface area contributed by atoms with Crippen molar-refractivity contribution in [3.05, 3.63) is 48.2 Å². The molecule has 4 rings (SSSR count). The predicted octanol–water partition coefficient (Wildman–Crippen LogP) is 1.98. The molecule has 0 radical (unpaired) electrons. The van der Waals surface area contributed by atoms with Gasteiger partial charge >= 0.3 is 0 Å². The van der Waals surface area contributed by atoms with Crippen molar-refractivity contribution < 1.29 is 19.4 Å². The highest BCUT2D eigenvalue weighted by atomic mass is 32.1. The van der Waals surface area contributed by atoms with Gasteiger partial charge in [-0.2, -0.15) is 0 Å². The Morgan fingerprint density at radius 2 is 2.12 bits per heavy atom. The van der Waals surface area contributed by atoms with Gasteiger partial charge in [-0.15, -0.1) is 10.2 Å². The van der Waals surface area contributed by atoms with Crippen LogP contribution in [0, 0.1) is 5.82 Å². The van der Waals surface area contributed by atoms with Crippen LogP contribution < -0.4 is 10.2 Å². The number of thiazole rings is 1. The van der Waals surface area contributed by atoms with Crippen molar-refractivity contribution in [1.82, 2.24) is 20.2 Å². The molecule has 0 spiro atoms. The van der Waals surface area contributed by atoms with Crippen LogP contribution in [0.1, 0.15) is 25.0 Å². The fourth-order valence-corrected chi connectivity index (χ4v) is 4.52. The third-order valence-corrected chi connectivity index (χ3v) is 6.64. The Balaban J connectivity index is 1.42. The number of rotatable bonds is 10. The van der Waals surface area contributed by atoms with E-state index in [2.05, 4.69) is 25.5 Å². The third kappa shape index (κ3) is 4.59. The first-order valence-corrected chi connectivity index (χ1v) is 11.0. The Morgan fingerprint density at radius 3 is 2.75 bits per heavy atom. The molecule has 1 amide bonds. The van der Waals surface area contributed by atoms with Crippen molar-refractivity contribution in [2.45, 2.75) is 30.8 Å². The summed E-state index contributed by atoms with van der Waals surface area (Å²) in [5.41, 5.74) is 0.687. The number of aliphatic hydroxyl groups excluding tert-OH is 2. The maximum Gasteiger partial charge on any atom is 0.214 e. The highest BCUT2D eigenvalue weighted by Gasteiger charge is 2.41. The zero-order chi connectivity index (χ0) is 22.6. The van der Waals surface area contributed by atoms with Crippen LogP contribution >= 0.6 is 11.3 Å². The van der Waals surface area contributed by atoms with Gasteiger partial charge in [0.05, 0.1) is 31.1 Å². The van der Waals surface area contributed by atoms with Crippen molar-refractivity contribution >= 4 is 28.6 Å². The monoisotopic (exact) mass is 458 g/mol. The minimum Gasteiger partial charge on any atom is -0.394 e. The summed E-state index contributed by atoms with van der Waals surface area (Å²) in [4.78, 5) is 21.1. The Bertz CT molecular complexity index is 1060. The number of pyridine rings is 1. The van der Waals surface area contributed by atoms with Gasteiger partial charge in [0, 0.05) is 18.2 Å². The number of nitrogens with one attached hydrogen (secondary N) is 1. The van der Waals surface area contributed by atoms with E-state index in [-0.39, 0.29) is 17.8 Å². The molecule has 11 heteroatoms. The smallest absolute Gasteiger partial charge is 0.214 e. The number of aromatic nitrogens is 4. The predicted molar refractivity (Wildman–Crippen MR) is 118 cm³/mol. The SMILES string of the molecule is O=CN(CC(O)CO)c1cnc(-c2ccc(NCC3(c4ncccc4F)CCC3)nn2)s1.